The van der Waals surface area contributed by atoms with Crippen LogP contribution in [-0.2, 0) is 4.74 Å². The van der Waals surface area contributed by atoms with Gasteiger partial charge in [0.2, 0.25) is 0 Å². The van der Waals surface area contributed by atoms with Crippen LogP contribution in [0.5, 0.6) is 11.6 Å². The average molecular weight is 254 g/mol. The number of hydrogen-bond donors (Lipinski definition) is 0. The highest BCUT2D eigenvalue weighted by Gasteiger charge is 2.15. The van der Waals surface area contributed by atoms with Crippen LogP contribution in [0.15, 0.2) is 12.3 Å². The van der Waals surface area contributed by atoms with Crippen molar-refractivity contribution in [3.05, 3.63) is 17.8 Å². The van der Waals surface area contributed by atoms with Crippen molar-refractivity contribution in [1.29, 1.82) is 0 Å². The summed E-state index contributed by atoms with van der Waals surface area (Å²) in [4.78, 5) is 17.6. The average Bonchev–Trinajstić information content (AvgIpc) is 2.42. The van der Waals surface area contributed by atoms with Crippen molar-refractivity contribution in [3.63, 3.8) is 0 Å². The molecule has 1 heterocycles. The fraction of sp³-hybridized carbons (Fsp3) is 0.500. The van der Waals surface area contributed by atoms with E-state index in [1.165, 1.54) is 20.4 Å². The monoisotopic (exact) mass is 254 g/mol. The van der Waals surface area contributed by atoms with Crippen LogP contribution in [0.3, 0.4) is 0 Å². The molecule has 0 aliphatic rings. The van der Waals surface area contributed by atoms with Crippen LogP contribution in [0, 0.1) is 0 Å². The van der Waals surface area contributed by atoms with E-state index < -0.39 is 0 Å². The highest BCUT2D eigenvalue weighted by atomic mass is 16.5. The molecule has 0 aliphatic heterocycles. The van der Waals surface area contributed by atoms with E-state index in [-0.39, 0.29) is 5.91 Å². The first kappa shape index (κ1) is 14.2. The fourth-order valence-electron chi connectivity index (χ4n) is 1.40. The molecule has 100 valence electrons. The maximum absolute atomic E-state index is 12.1. The van der Waals surface area contributed by atoms with E-state index >= 15 is 0 Å². The van der Waals surface area contributed by atoms with Crippen LogP contribution in [0.25, 0.3) is 0 Å². The van der Waals surface area contributed by atoms with E-state index in [4.69, 9.17) is 14.2 Å². The Kier molecular flexibility index (Phi) is 5.38. The molecule has 0 aromatic carbocycles. The molecule has 1 rings (SSSR count). The van der Waals surface area contributed by atoms with Crippen molar-refractivity contribution in [2.75, 3.05) is 41.5 Å². The maximum Gasteiger partial charge on any atom is 0.256 e. The second-order valence-electron chi connectivity index (χ2n) is 3.66. The second kappa shape index (κ2) is 6.80. The normalized spacial score (nSPS) is 10.0. The second-order valence-corrected chi connectivity index (χ2v) is 3.66. The van der Waals surface area contributed by atoms with Crippen molar-refractivity contribution < 1.29 is 19.0 Å². The highest BCUT2D eigenvalue weighted by molar-refractivity contribution is 5.94. The lowest BCUT2D eigenvalue weighted by Crippen LogP contribution is -2.30. The van der Waals surface area contributed by atoms with Gasteiger partial charge in [-0.15, -0.1) is 0 Å². The van der Waals surface area contributed by atoms with Crippen molar-refractivity contribution in [2.24, 2.45) is 0 Å². The molecule has 0 aliphatic carbocycles. The zero-order valence-electron chi connectivity index (χ0n) is 11.1. The molecule has 1 aromatic rings. The van der Waals surface area contributed by atoms with Gasteiger partial charge in [-0.3, -0.25) is 4.79 Å². The zero-order valence-corrected chi connectivity index (χ0v) is 11.1. The minimum atomic E-state index is -0.138. The number of nitrogens with zero attached hydrogens (tertiary/aromatic N) is 2. The van der Waals surface area contributed by atoms with Crippen molar-refractivity contribution in [1.82, 2.24) is 9.88 Å². The molecule has 0 unspecified atom stereocenters. The van der Waals surface area contributed by atoms with Gasteiger partial charge in [-0.25, -0.2) is 4.98 Å². The maximum atomic E-state index is 12.1. The molecule has 0 atom stereocenters. The molecule has 18 heavy (non-hydrogen) atoms. The molecule has 1 aromatic heterocycles. The quantitative estimate of drug-likeness (QED) is 0.752. The Bertz CT molecular complexity index is 409. The predicted octanol–water partition coefficient (Wildman–Crippen LogP) is 0.817. The van der Waals surface area contributed by atoms with E-state index in [2.05, 4.69) is 4.98 Å². The Balaban J connectivity index is 2.86. The number of carbonyl (C=O) groups is 1. The van der Waals surface area contributed by atoms with E-state index in [0.717, 1.165) is 0 Å². The van der Waals surface area contributed by atoms with E-state index in [1.54, 1.807) is 25.1 Å². The van der Waals surface area contributed by atoms with E-state index in [0.29, 0.717) is 30.3 Å². The predicted molar refractivity (Wildman–Crippen MR) is 66.2 cm³/mol. The first-order valence-electron chi connectivity index (χ1n) is 5.46. The number of pyridine rings is 1. The number of aromatic nitrogens is 1. The summed E-state index contributed by atoms with van der Waals surface area (Å²) in [5.74, 6) is 0.651. The SMILES string of the molecule is COCCN(C)C(=O)c1cnc(OC)c(OC)c1. The first-order chi connectivity index (χ1) is 8.63. The van der Waals surface area contributed by atoms with Crippen LogP contribution in [-0.4, -0.2) is 57.3 Å². The van der Waals surface area contributed by atoms with Gasteiger partial charge in [0.15, 0.2) is 5.75 Å². The Morgan fingerprint density at radius 3 is 2.61 bits per heavy atom. The molecular formula is C12H18N2O4. The summed E-state index contributed by atoms with van der Waals surface area (Å²) < 4.78 is 15.0. The molecular weight excluding hydrogens is 236 g/mol. The smallest absolute Gasteiger partial charge is 0.256 e. The van der Waals surface area contributed by atoms with Crippen molar-refractivity contribution in [3.8, 4) is 11.6 Å². The third-order valence-corrected chi connectivity index (χ3v) is 2.46. The molecule has 0 fully saturated rings. The summed E-state index contributed by atoms with van der Waals surface area (Å²) in [6.45, 7) is 1.01. The van der Waals surface area contributed by atoms with Crippen LogP contribution in [0.2, 0.25) is 0 Å². The lowest BCUT2D eigenvalue weighted by Gasteiger charge is -2.17. The Morgan fingerprint density at radius 2 is 2.06 bits per heavy atom. The number of rotatable bonds is 6. The molecule has 0 saturated carbocycles. The Hall–Kier alpha value is -1.82. The molecule has 0 bridgehead atoms. The van der Waals surface area contributed by atoms with Gasteiger partial charge in [0.1, 0.15) is 0 Å². The van der Waals surface area contributed by atoms with Gasteiger partial charge in [-0.1, -0.05) is 0 Å². The van der Waals surface area contributed by atoms with Gasteiger partial charge in [-0.05, 0) is 0 Å². The molecule has 0 N–H and O–H groups in total. The number of hydrogen-bond acceptors (Lipinski definition) is 5. The summed E-state index contributed by atoms with van der Waals surface area (Å²) in [7, 11) is 6.30. The van der Waals surface area contributed by atoms with Gasteiger partial charge < -0.3 is 19.1 Å². The molecule has 6 nitrogen and oxygen atoms in total. The molecule has 0 radical (unpaired) electrons. The number of amides is 1. The van der Waals surface area contributed by atoms with E-state index in [1.807, 2.05) is 0 Å². The Morgan fingerprint density at radius 1 is 1.33 bits per heavy atom. The summed E-state index contributed by atoms with van der Waals surface area (Å²) >= 11 is 0. The number of carbonyl (C=O) groups excluding carboxylic acids is 1. The Labute approximate surface area is 106 Å². The lowest BCUT2D eigenvalue weighted by molar-refractivity contribution is 0.0743. The van der Waals surface area contributed by atoms with Crippen molar-refractivity contribution in [2.45, 2.75) is 0 Å². The lowest BCUT2D eigenvalue weighted by atomic mass is 10.2. The van der Waals surface area contributed by atoms with Gasteiger partial charge in [-0.2, -0.15) is 0 Å². The molecule has 6 heteroatoms. The summed E-state index contributed by atoms with van der Waals surface area (Å²) in [6.07, 6.45) is 1.47. The number of likely N-dealkylation sites (N-methyl/N-ethyl adjacent to an activating group) is 1. The van der Waals surface area contributed by atoms with Gasteiger partial charge in [0.05, 0.1) is 26.4 Å². The first-order valence-corrected chi connectivity index (χ1v) is 5.46. The van der Waals surface area contributed by atoms with Crippen molar-refractivity contribution >= 4 is 5.91 Å². The van der Waals surface area contributed by atoms with Gasteiger partial charge in [0, 0.05) is 33.0 Å². The third-order valence-electron chi connectivity index (χ3n) is 2.46. The number of ether oxygens (including phenoxy) is 3. The van der Waals surface area contributed by atoms with E-state index in [9.17, 15) is 4.79 Å². The van der Waals surface area contributed by atoms with Crippen LogP contribution in [0.1, 0.15) is 10.4 Å². The summed E-state index contributed by atoms with van der Waals surface area (Å²) in [5, 5.41) is 0. The number of methoxy groups -OCH3 is 3. The largest absolute Gasteiger partial charge is 0.491 e. The molecule has 1 amide bonds. The summed E-state index contributed by atoms with van der Waals surface area (Å²) in [6, 6.07) is 1.61. The van der Waals surface area contributed by atoms with Gasteiger partial charge >= 0.3 is 0 Å². The van der Waals surface area contributed by atoms with Crippen LogP contribution < -0.4 is 9.47 Å². The van der Waals surface area contributed by atoms with Gasteiger partial charge in [0.25, 0.3) is 11.8 Å². The summed E-state index contributed by atoms with van der Waals surface area (Å²) in [5.41, 5.74) is 0.450. The fourth-order valence-corrected chi connectivity index (χ4v) is 1.40. The molecule has 0 saturated heterocycles. The minimum absolute atomic E-state index is 0.138. The van der Waals surface area contributed by atoms with Crippen LogP contribution >= 0.6 is 0 Å². The highest BCUT2D eigenvalue weighted by Crippen LogP contribution is 2.24. The van der Waals surface area contributed by atoms with Crippen LogP contribution in [0.4, 0.5) is 0 Å². The third kappa shape index (κ3) is 3.33. The zero-order chi connectivity index (χ0) is 13.5. The molecule has 0 spiro atoms. The topological polar surface area (TPSA) is 60.9 Å². The standard InChI is InChI=1S/C12H18N2O4/c1-14(5-6-16-2)12(15)9-7-10(17-3)11(18-4)13-8-9/h7-8H,5-6H2,1-4H3. The minimum Gasteiger partial charge on any atom is -0.491 e.